The number of carbonyl (C=O) groups is 1. The van der Waals surface area contributed by atoms with Crippen LogP contribution in [0.2, 0.25) is 0 Å². The number of cyclic esters (lactones) is 1. The van der Waals surface area contributed by atoms with Gasteiger partial charge in [-0.05, 0) is 19.8 Å². The van der Waals surface area contributed by atoms with E-state index in [0.717, 1.165) is 6.54 Å². The summed E-state index contributed by atoms with van der Waals surface area (Å²) in [4.78, 5) is 13.3. The minimum Gasteiger partial charge on any atom is -0.444 e. The molecular weight excluding hydrogens is 166 g/mol. The van der Waals surface area contributed by atoms with Crippen molar-refractivity contribution in [1.29, 1.82) is 0 Å². The van der Waals surface area contributed by atoms with E-state index in [0.29, 0.717) is 6.04 Å². The Morgan fingerprint density at radius 2 is 2.00 bits per heavy atom. The molecule has 0 radical (unpaired) electrons. The van der Waals surface area contributed by atoms with Crippen LogP contribution in [-0.4, -0.2) is 29.7 Å². The van der Waals surface area contributed by atoms with Gasteiger partial charge in [-0.25, -0.2) is 4.79 Å². The molecule has 13 heavy (non-hydrogen) atoms. The molecule has 0 spiro atoms. The van der Waals surface area contributed by atoms with Crippen LogP contribution in [0.5, 0.6) is 0 Å². The van der Waals surface area contributed by atoms with Crippen molar-refractivity contribution >= 4 is 6.09 Å². The van der Waals surface area contributed by atoms with Crippen LogP contribution >= 0.6 is 0 Å². The van der Waals surface area contributed by atoms with Crippen molar-refractivity contribution in [1.82, 2.24) is 4.90 Å². The Hall–Kier alpha value is -0.730. The molecule has 1 aliphatic carbocycles. The Morgan fingerprint density at radius 1 is 1.31 bits per heavy atom. The highest BCUT2D eigenvalue weighted by atomic mass is 16.6. The molecule has 0 N–H and O–H groups in total. The standard InChI is InChI=1S/C10H17NO2/c1-8-7-11(10(12)13-8)9-5-3-2-4-6-9/h8-9H,2-7H2,1H3. The molecule has 74 valence electrons. The Kier molecular flexibility index (Phi) is 2.42. The zero-order valence-corrected chi connectivity index (χ0v) is 8.16. The SMILES string of the molecule is CC1CN(C2CCCCC2)C(=O)O1. The van der Waals surface area contributed by atoms with E-state index in [1.54, 1.807) is 0 Å². The van der Waals surface area contributed by atoms with Crippen LogP contribution in [0.1, 0.15) is 39.0 Å². The van der Waals surface area contributed by atoms with E-state index < -0.39 is 0 Å². The fourth-order valence-electron chi connectivity index (χ4n) is 2.32. The van der Waals surface area contributed by atoms with Crippen molar-refractivity contribution in [2.45, 2.75) is 51.2 Å². The first-order chi connectivity index (χ1) is 6.27. The van der Waals surface area contributed by atoms with E-state index in [9.17, 15) is 4.79 Å². The lowest BCUT2D eigenvalue weighted by atomic mass is 9.94. The molecule has 1 heterocycles. The summed E-state index contributed by atoms with van der Waals surface area (Å²) >= 11 is 0. The van der Waals surface area contributed by atoms with Crippen LogP contribution in [0.4, 0.5) is 4.79 Å². The summed E-state index contributed by atoms with van der Waals surface area (Å²) in [6.45, 7) is 2.75. The van der Waals surface area contributed by atoms with Gasteiger partial charge >= 0.3 is 6.09 Å². The molecule has 0 aromatic carbocycles. The number of carbonyl (C=O) groups excluding carboxylic acids is 1. The second kappa shape index (κ2) is 3.56. The van der Waals surface area contributed by atoms with Crippen LogP contribution in [0.15, 0.2) is 0 Å². The molecule has 1 atom stereocenters. The maximum Gasteiger partial charge on any atom is 0.410 e. The molecule has 3 nitrogen and oxygen atoms in total. The lowest BCUT2D eigenvalue weighted by Crippen LogP contribution is -2.37. The molecule has 2 fully saturated rings. The Morgan fingerprint density at radius 3 is 2.54 bits per heavy atom. The van der Waals surface area contributed by atoms with Gasteiger partial charge < -0.3 is 9.64 Å². The predicted octanol–water partition coefficient (Wildman–Crippen LogP) is 2.16. The zero-order chi connectivity index (χ0) is 9.26. The topological polar surface area (TPSA) is 29.5 Å². The number of nitrogens with zero attached hydrogens (tertiary/aromatic N) is 1. The van der Waals surface area contributed by atoms with E-state index in [2.05, 4.69) is 0 Å². The fourth-order valence-corrected chi connectivity index (χ4v) is 2.32. The quantitative estimate of drug-likeness (QED) is 0.623. The fraction of sp³-hybridized carbons (Fsp3) is 0.900. The predicted molar refractivity (Wildman–Crippen MR) is 49.5 cm³/mol. The molecule has 3 heteroatoms. The average molecular weight is 183 g/mol. The van der Waals surface area contributed by atoms with Crippen LogP contribution < -0.4 is 0 Å². The van der Waals surface area contributed by atoms with Crippen molar-refractivity contribution < 1.29 is 9.53 Å². The van der Waals surface area contributed by atoms with Gasteiger partial charge in [0.25, 0.3) is 0 Å². The number of ether oxygens (including phenoxy) is 1. The lowest BCUT2D eigenvalue weighted by molar-refractivity contribution is 0.127. The molecular formula is C10H17NO2. The highest BCUT2D eigenvalue weighted by Gasteiger charge is 2.34. The molecule has 1 aliphatic heterocycles. The maximum atomic E-state index is 11.4. The van der Waals surface area contributed by atoms with E-state index in [-0.39, 0.29) is 12.2 Å². The van der Waals surface area contributed by atoms with E-state index in [1.165, 1.54) is 32.1 Å². The molecule has 2 rings (SSSR count). The van der Waals surface area contributed by atoms with Crippen molar-refractivity contribution in [3.05, 3.63) is 0 Å². The molecule has 0 bridgehead atoms. The first-order valence-electron chi connectivity index (χ1n) is 5.24. The maximum absolute atomic E-state index is 11.4. The zero-order valence-electron chi connectivity index (χ0n) is 8.16. The van der Waals surface area contributed by atoms with Crippen molar-refractivity contribution in [3.63, 3.8) is 0 Å². The minimum absolute atomic E-state index is 0.0921. The van der Waals surface area contributed by atoms with Crippen LogP contribution in [0.3, 0.4) is 0 Å². The van der Waals surface area contributed by atoms with Gasteiger partial charge in [0, 0.05) is 6.04 Å². The third-order valence-electron chi connectivity index (χ3n) is 3.01. The van der Waals surface area contributed by atoms with Crippen LogP contribution in [0, 0.1) is 0 Å². The second-order valence-electron chi connectivity index (χ2n) is 4.14. The summed E-state index contributed by atoms with van der Waals surface area (Å²) in [6, 6.07) is 0.464. The largest absolute Gasteiger partial charge is 0.444 e. The first-order valence-corrected chi connectivity index (χ1v) is 5.24. The Bertz CT molecular complexity index is 199. The molecule has 1 amide bonds. The summed E-state index contributed by atoms with van der Waals surface area (Å²) in [5.41, 5.74) is 0. The van der Waals surface area contributed by atoms with Gasteiger partial charge in [-0.15, -0.1) is 0 Å². The smallest absolute Gasteiger partial charge is 0.410 e. The molecule has 1 saturated carbocycles. The number of amides is 1. The second-order valence-corrected chi connectivity index (χ2v) is 4.14. The van der Waals surface area contributed by atoms with Crippen molar-refractivity contribution in [2.24, 2.45) is 0 Å². The summed E-state index contributed by atoms with van der Waals surface area (Å²) in [7, 11) is 0. The Labute approximate surface area is 79.0 Å². The summed E-state index contributed by atoms with van der Waals surface area (Å²) in [6.07, 6.45) is 6.19. The van der Waals surface area contributed by atoms with Gasteiger partial charge in [-0.2, -0.15) is 0 Å². The summed E-state index contributed by atoms with van der Waals surface area (Å²) < 4.78 is 5.11. The minimum atomic E-state index is -0.0978. The van der Waals surface area contributed by atoms with E-state index >= 15 is 0 Å². The Balaban J connectivity index is 1.95. The number of rotatable bonds is 1. The van der Waals surface area contributed by atoms with E-state index in [4.69, 9.17) is 4.74 Å². The normalized spacial score (nSPS) is 30.7. The van der Waals surface area contributed by atoms with Gasteiger partial charge in [0.05, 0.1) is 6.54 Å². The van der Waals surface area contributed by atoms with Gasteiger partial charge in [0.1, 0.15) is 6.10 Å². The molecule has 2 aliphatic rings. The summed E-state index contributed by atoms with van der Waals surface area (Å²) in [5, 5.41) is 0. The van der Waals surface area contributed by atoms with Gasteiger partial charge in [0.15, 0.2) is 0 Å². The van der Waals surface area contributed by atoms with Gasteiger partial charge in [0.2, 0.25) is 0 Å². The number of hydrogen-bond acceptors (Lipinski definition) is 2. The van der Waals surface area contributed by atoms with Crippen molar-refractivity contribution in [2.75, 3.05) is 6.54 Å². The van der Waals surface area contributed by atoms with Gasteiger partial charge in [-0.1, -0.05) is 19.3 Å². The number of hydrogen-bond donors (Lipinski definition) is 0. The highest BCUT2D eigenvalue weighted by molar-refractivity contribution is 5.70. The van der Waals surface area contributed by atoms with Crippen LogP contribution in [0.25, 0.3) is 0 Å². The molecule has 0 aromatic rings. The monoisotopic (exact) mass is 183 g/mol. The first kappa shape index (κ1) is 8.85. The molecule has 0 aromatic heterocycles. The summed E-state index contributed by atoms with van der Waals surface area (Å²) in [5.74, 6) is 0. The van der Waals surface area contributed by atoms with Crippen molar-refractivity contribution in [3.8, 4) is 0 Å². The highest BCUT2D eigenvalue weighted by Crippen LogP contribution is 2.26. The van der Waals surface area contributed by atoms with Crippen LogP contribution in [-0.2, 0) is 4.74 Å². The molecule has 1 unspecified atom stereocenters. The van der Waals surface area contributed by atoms with E-state index in [1.807, 2.05) is 11.8 Å². The third kappa shape index (κ3) is 1.79. The molecule has 1 saturated heterocycles. The third-order valence-corrected chi connectivity index (χ3v) is 3.01. The van der Waals surface area contributed by atoms with Gasteiger partial charge in [-0.3, -0.25) is 0 Å². The average Bonchev–Trinajstić information content (AvgIpc) is 2.47. The lowest BCUT2D eigenvalue weighted by Gasteiger charge is -2.28.